The van der Waals surface area contributed by atoms with E-state index in [9.17, 15) is 10.1 Å². The zero-order chi connectivity index (χ0) is 12.3. The Hall–Kier alpha value is -1.62. The molecule has 1 atom stereocenters. The molecule has 1 aromatic rings. The fourth-order valence-corrected chi connectivity index (χ4v) is 2.07. The molecule has 92 valence electrons. The largest absolute Gasteiger partial charge is 0.482 e. The number of nitro groups is 1. The van der Waals surface area contributed by atoms with Crippen LogP contribution in [0.3, 0.4) is 0 Å². The van der Waals surface area contributed by atoms with Gasteiger partial charge in [-0.1, -0.05) is 19.1 Å². The zero-order valence-electron chi connectivity index (χ0n) is 9.83. The van der Waals surface area contributed by atoms with Crippen LogP contribution in [0.4, 0.5) is 5.69 Å². The van der Waals surface area contributed by atoms with E-state index in [2.05, 4.69) is 11.8 Å². The van der Waals surface area contributed by atoms with E-state index in [-0.39, 0.29) is 11.8 Å². The maximum Gasteiger partial charge on any atom is 0.310 e. The van der Waals surface area contributed by atoms with Gasteiger partial charge in [-0.25, -0.2) is 0 Å². The number of benzene rings is 1. The van der Waals surface area contributed by atoms with Crippen LogP contribution in [0.15, 0.2) is 24.3 Å². The van der Waals surface area contributed by atoms with Crippen LogP contribution in [0.5, 0.6) is 5.75 Å². The lowest BCUT2D eigenvalue weighted by atomic mass is 10.2. The third-order valence-electron chi connectivity index (χ3n) is 3.03. The number of likely N-dealkylation sites (N-methyl/N-ethyl adjacent to an activating group) is 1. The maximum atomic E-state index is 10.8. The normalized spacial score (nSPS) is 20.4. The van der Waals surface area contributed by atoms with E-state index >= 15 is 0 Å². The lowest BCUT2D eigenvalue weighted by Crippen LogP contribution is -2.24. The first-order chi connectivity index (χ1) is 8.20. The lowest BCUT2D eigenvalue weighted by Gasteiger charge is -2.14. The summed E-state index contributed by atoms with van der Waals surface area (Å²) >= 11 is 0. The van der Waals surface area contributed by atoms with E-state index in [0.29, 0.717) is 5.75 Å². The third kappa shape index (κ3) is 2.74. The molecule has 1 aliphatic rings. The highest BCUT2D eigenvalue weighted by Gasteiger charge is 2.25. The topological polar surface area (TPSA) is 55.6 Å². The fourth-order valence-electron chi connectivity index (χ4n) is 2.07. The first kappa shape index (κ1) is 11.9. The Labute approximate surface area is 100 Å². The molecule has 0 aromatic heterocycles. The van der Waals surface area contributed by atoms with E-state index in [4.69, 9.17) is 4.74 Å². The summed E-state index contributed by atoms with van der Waals surface area (Å²) in [6.45, 7) is 4.95. The summed E-state index contributed by atoms with van der Waals surface area (Å²) < 4.78 is 5.72. The van der Waals surface area contributed by atoms with Gasteiger partial charge in [0.2, 0.25) is 0 Å². The van der Waals surface area contributed by atoms with Crippen LogP contribution in [-0.4, -0.2) is 35.6 Å². The van der Waals surface area contributed by atoms with Crippen LogP contribution in [0.2, 0.25) is 0 Å². The summed E-state index contributed by atoms with van der Waals surface area (Å²) in [6, 6.07) is 6.54. The van der Waals surface area contributed by atoms with Gasteiger partial charge >= 0.3 is 5.69 Å². The van der Waals surface area contributed by atoms with Gasteiger partial charge in [0.25, 0.3) is 0 Å². The van der Waals surface area contributed by atoms with Crippen LogP contribution in [0.1, 0.15) is 13.3 Å². The molecule has 0 radical (unpaired) electrons. The van der Waals surface area contributed by atoms with E-state index in [1.165, 1.54) is 6.07 Å². The van der Waals surface area contributed by atoms with Gasteiger partial charge in [0.15, 0.2) is 5.75 Å². The van der Waals surface area contributed by atoms with Crippen molar-refractivity contribution in [3.8, 4) is 5.75 Å². The third-order valence-corrected chi connectivity index (χ3v) is 3.03. The second-order valence-corrected chi connectivity index (χ2v) is 4.15. The summed E-state index contributed by atoms with van der Waals surface area (Å²) in [5.74, 6) is 0.375. The molecule has 17 heavy (non-hydrogen) atoms. The van der Waals surface area contributed by atoms with Crippen molar-refractivity contribution in [2.24, 2.45) is 0 Å². The molecule has 0 N–H and O–H groups in total. The van der Waals surface area contributed by atoms with Crippen molar-refractivity contribution in [3.63, 3.8) is 0 Å². The lowest BCUT2D eigenvalue weighted by molar-refractivity contribution is -0.386. The number of nitro benzene ring substituents is 1. The van der Waals surface area contributed by atoms with Gasteiger partial charge in [0.1, 0.15) is 6.10 Å². The van der Waals surface area contributed by atoms with Gasteiger partial charge in [0, 0.05) is 19.2 Å². The molecule has 2 rings (SSSR count). The number of likely N-dealkylation sites (tertiary alicyclic amines) is 1. The molecule has 0 saturated carbocycles. The summed E-state index contributed by atoms with van der Waals surface area (Å²) in [6.07, 6.45) is 0.996. The molecule has 5 heteroatoms. The Morgan fingerprint density at radius 2 is 2.29 bits per heavy atom. The summed E-state index contributed by atoms with van der Waals surface area (Å²) in [5, 5.41) is 10.8. The summed E-state index contributed by atoms with van der Waals surface area (Å²) in [4.78, 5) is 12.7. The first-order valence-corrected chi connectivity index (χ1v) is 5.83. The minimum absolute atomic E-state index is 0.0439. The van der Waals surface area contributed by atoms with Crippen LogP contribution in [0.25, 0.3) is 0 Å². The number of hydrogen-bond acceptors (Lipinski definition) is 4. The fraction of sp³-hybridized carbons (Fsp3) is 0.500. The molecule has 0 amide bonds. The van der Waals surface area contributed by atoms with E-state index in [1.54, 1.807) is 18.2 Å². The minimum atomic E-state index is -0.401. The minimum Gasteiger partial charge on any atom is -0.482 e. The van der Waals surface area contributed by atoms with Crippen molar-refractivity contribution in [1.82, 2.24) is 4.90 Å². The number of nitrogens with zero attached hydrogens (tertiary/aromatic N) is 2. The average Bonchev–Trinajstić information content (AvgIpc) is 2.77. The standard InChI is InChI=1S/C12H16N2O3/c1-2-13-8-7-10(9-13)17-12-6-4-3-5-11(12)14(15)16/h3-6,10H,2,7-9H2,1H3. The second kappa shape index (κ2) is 5.14. The van der Waals surface area contributed by atoms with Gasteiger partial charge in [-0.05, 0) is 19.0 Å². The van der Waals surface area contributed by atoms with E-state index in [0.717, 1.165) is 26.1 Å². The molecule has 0 spiro atoms. The maximum absolute atomic E-state index is 10.8. The van der Waals surface area contributed by atoms with Crippen molar-refractivity contribution in [2.45, 2.75) is 19.4 Å². The Morgan fingerprint density at radius 1 is 1.53 bits per heavy atom. The molecule has 0 bridgehead atoms. The SMILES string of the molecule is CCN1CCC(Oc2ccccc2[N+](=O)[O-])C1. The average molecular weight is 236 g/mol. The molecule has 0 aliphatic carbocycles. The molecule has 1 fully saturated rings. The van der Waals surface area contributed by atoms with Crippen LogP contribution in [0, 0.1) is 10.1 Å². The van der Waals surface area contributed by atoms with Crippen LogP contribution in [-0.2, 0) is 0 Å². The monoisotopic (exact) mass is 236 g/mol. The second-order valence-electron chi connectivity index (χ2n) is 4.15. The highest BCUT2D eigenvalue weighted by atomic mass is 16.6. The molecule has 1 saturated heterocycles. The molecular weight excluding hydrogens is 220 g/mol. The Balaban J connectivity index is 2.06. The van der Waals surface area contributed by atoms with E-state index in [1.807, 2.05) is 0 Å². The van der Waals surface area contributed by atoms with Gasteiger partial charge < -0.3 is 4.74 Å². The van der Waals surface area contributed by atoms with Crippen molar-refractivity contribution in [3.05, 3.63) is 34.4 Å². The first-order valence-electron chi connectivity index (χ1n) is 5.83. The number of ether oxygens (including phenoxy) is 1. The Bertz CT molecular complexity index is 408. The molecular formula is C12H16N2O3. The van der Waals surface area contributed by atoms with Crippen LogP contribution >= 0.6 is 0 Å². The highest BCUT2D eigenvalue weighted by molar-refractivity contribution is 5.45. The van der Waals surface area contributed by atoms with Crippen LogP contribution < -0.4 is 4.74 Å². The quantitative estimate of drug-likeness (QED) is 0.593. The highest BCUT2D eigenvalue weighted by Crippen LogP contribution is 2.28. The van der Waals surface area contributed by atoms with Gasteiger partial charge in [-0.2, -0.15) is 0 Å². The Morgan fingerprint density at radius 3 is 2.94 bits per heavy atom. The van der Waals surface area contributed by atoms with Crippen molar-refractivity contribution in [1.29, 1.82) is 0 Å². The summed E-state index contributed by atoms with van der Waals surface area (Å²) in [5.41, 5.74) is 0.0439. The predicted octanol–water partition coefficient (Wildman–Crippen LogP) is 2.07. The molecule has 1 heterocycles. The molecule has 5 nitrogen and oxygen atoms in total. The Kier molecular flexibility index (Phi) is 3.58. The van der Waals surface area contributed by atoms with Gasteiger partial charge in [0.05, 0.1) is 4.92 Å². The number of hydrogen-bond donors (Lipinski definition) is 0. The molecule has 1 aromatic carbocycles. The van der Waals surface area contributed by atoms with Crippen molar-refractivity contribution in [2.75, 3.05) is 19.6 Å². The predicted molar refractivity (Wildman–Crippen MR) is 64.2 cm³/mol. The van der Waals surface area contributed by atoms with Crippen molar-refractivity contribution >= 4 is 5.69 Å². The molecule has 1 aliphatic heterocycles. The smallest absolute Gasteiger partial charge is 0.310 e. The van der Waals surface area contributed by atoms with Crippen molar-refractivity contribution < 1.29 is 9.66 Å². The van der Waals surface area contributed by atoms with Gasteiger partial charge in [-0.15, -0.1) is 0 Å². The number of para-hydroxylation sites is 2. The molecule has 1 unspecified atom stereocenters. The van der Waals surface area contributed by atoms with E-state index < -0.39 is 4.92 Å². The zero-order valence-corrected chi connectivity index (χ0v) is 9.83. The summed E-state index contributed by atoms with van der Waals surface area (Å²) in [7, 11) is 0. The number of rotatable bonds is 4. The van der Waals surface area contributed by atoms with Gasteiger partial charge in [-0.3, -0.25) is 15.0 Å².